The van der Waals surface area contributed by atoms with Gasteiger partial charge in [-0.15, -0.1) is 4.68 Å². The van der Waals surface area contributed by atoms with Crippen LogP contribution >= 0.6 is 11.6 Å². The molecule has 0 saturated heterocycles. The van der Waals surface area contributed by atoms with E-state index in [1.165, 1.54) is 10.9 Å². The molecule has 0 bridgehead atoms. The van der Waals surface area contributed by atoms with Gasteiger partial charge in [-0.1, -0.05) is 70.0 Å². The third kappa shape index (κ3) is 3.32. The van der Waals surface area contributed by atoms with Gasteiger partial charge in [-0.25, -0.2) is 4.79 Å². The highest BCUT2D eigenvalue weighted by Crippen LogP contribution is 2.21. The second-order valence-electron chi connectivity index (χ2n) is 5.96. The van der Waals surface area contributed by atoms with E-state index in [4.69, 9.17) is 11.6 Å². The van der Waals surface area contributed by atoms with Crippen LogP contribution in [0.1, 0.15) is 15.9 Å². The van der Waals surface area contributed by atoms with Gasteiger partial charge in [0.15, 0.2) is 17.2 Å². The maximum atomic E-state index is 13.0. The van der Waals surface area contributed by atoms with Crippen LogP contribution < -0.4 is 10.2 Å². The Morgan fingerprint density at radius 2 is 1.59 bits per heavy atom. The summed E-state index contributed by atoms with van der Waals surface area (Å²) in [6.45, 7) is 0. The lowest BCUT2D eigenvalue weighted by molar-refractivity contribution is -0.661. The number of carbonyl (C=O) groups is 1. The second kappa shape index (κ2) is 7.05. The quantitative estimate of drug-likeness (QED) is 0.438. The van der Waals surface area contributed by atoms with Gasteiger partial charge < -0.3 is 0 Å². The molecule has 0 aliphatic heterocycles. The molecule has 4 rings (SSSR count). The first-order chi connectivity index (χ1) is 13.1. The minimum atomic E-state index is -0.289. The summed E-state index contributed by atoms with van der Waals surface area (Å²) in [6.07, 6.45) is 1.43. The predicted octanol–water partition coefficient (Wildman–Crippen LogP) is 3.33. The summed E-state index contributed by atoms with van der Waals surface area (Å²) in [5.41, 5.74) is 1.82. The first-order valence-electron chi connectivity index (χ1n) is 8.32. The lowest BCUT2D eigenvalue weighted by Gasteiger charge is -2.06. The maximum absolute atomic E-state index is 13.0. The third-order valence-corrected chi connectivity index (χ3v) is 4.42. The van der Waals surface area contributed by atoms with Crippen LogP contribution in [-0.4, -0.2) is 15.7 Å². The van der Waals surface area contributed by atoms with Crippen LogP contribution in [0.15, 0.2) is 89.9 Å². The monoisotopic (exact) mass is 376 g/mol. The molecule has 1 N–H and O–H groups in total. The normalized spacial score (nSPS) is 10.7. The summed E-state index contributed by atoms with van der Waals surface area (Å²) in [4.78, 5) is 25.6. The van der Waals surface area contributed by atoms with Gasteiger partial charge in [0.2, 0.25) is 6.20 Å². The minimum Gasteiger partial charge on any atom is -0.288 e. The summed E-state index contributed by atoms with van der Waals surface area (Å²) in [5, 5.41) is 3.43. The number of aromatic nitrogens is 3. The Kier molecular flexibility index (Phi) is 4.44. The zero-order valence-electron chi connectivity index (χ0n) is 14.2. The Hall–Kier alpha value is -3.44. The molecule has 0 amide bonds. The Morgan fingerprint density at radius 1 is 0.926 bits per heavy atom. The van der Waals surface area contributed by atoms with Crippen LogP contribution in [0.5, 0.6) is 0 Å². The van der Waals surface area contributed by atoms with Crippen molar-refractivity contribution in [3.63, 3.8) is 0 Å². The Morgan fingerprint density at radius 3 is 2.30 bits per heavy atom. The molecule has 0 radical (unpaired) electrons. The summed E-state index contributed by atoms with van der Waals surface area (Å²) in [5.74, 6) is -0.208. The SMILES string of the molecule is O=C(c1ccccc1)c1cc(Cl)ccc1-n1[nH][n+](-c2ccccc2)cc1=O. The highest BCUT2D eigenvalue weighted by molar-refractivity contribution is 6.31. The van der Waals surface area contributed by atoms with E-state index in [1.807, 2.05) is 36.4 Å². The van der Waals surface area contributed by atoms with Crippen molar-refractivity contribution >= 4 is 17.4 Å². The van der Waals surface area contributed by atoms with Crippen LogP contribution in [-0.2, 0) is 0 Å². The van der Waals surface area contributed by atoms with Crippen LogP contribution in [0.3, 0.4) is 0 Å². The van der Waals surface area contributed by atoms with Crippen LogP contribution in [0.4, 0.5) is 0 Å². The zero-order chi connectivity index (χ0) is 18.8. The molecular formula is C21H15ClN3O2+. The van der Waals surface area contributed by atoms with E-state index in [-0.39, 0.29) is 11.3 Å². The molecule has 5 nitrogen and oxygen atoms in total. The molecular weight excluding hydrogens is 362 g/mol. The van der Waals surface area contributed by atoms with Gasteiger partial charge in [0, 0.05) is 10.6 Å². The highest BCUT2D eigenvalue weighted by atomic mass is 35.5. The molecule has 0 unspecified atom stereocenters. The fourth-order valence-corrected chi connectivity index (χ4v) is 3.05. The van der Waals surface area contributed by atoms with E-state index in [0.717, 1.165) is 5.69 Å². The number of aromatic amines is 1. The molecule has 0 fully saturated rings. The summed E-state index contributed by atoms with van der Waals surface area (Å²) in [6, 6.07) is 23.2. The fraction of sp³-hybridized carbons (Fsp3) is 0. The van der Waals surface area contributed by atoms with Gasteiger partial charge in [-0.2, -0.15) is 0 Å². The van der Waals surface area contributed by atoms with Gasteiger partial charge in [0.1, 0.15) is 0 Å². The third-order valence-electron chi connectivity index (χ3n) is 4.18. The predicted molar refractivity (Wildman–Crippen MR) is 103 cm³/mol. The molecule has 1 heterocycles. The van der Waals surface area contributed by atoms with Crippen molar-refractivity contribution in [1.82, 2.24) is 9.90 Å². The first kappa shape index (κ1) is 17.0. The molecule has 0 spiro atoms. The Balaban J connectivity index is 1.85. The highest BCUT2D eigenvalue weighted by Gasteiger charge is 2.22. The van der Waals surface area contributed by atoms with Crippen molar-refractivity contribution in [3.8, 4) is 11.4 Å². The van der Waals surface area contributed by atoms with Crippen LogP contribution in [0, 0.1) is 0 Å². The van der Waals surface area contributed by atoms with Crippen molar-refractivity contribution in [2.75, 3.05) is 0 Å². The number of nitrogens with one attached hydrogen (secondary N) is 1. The molecule has 3 aromatic carbocycles. The van der Waals surface area contributed by atoms with E-state index < -0.39 is 0 Å². The Bertz CT molecular complexity index is 1170. The summed E-state index contributed by atoms with van der Waals surface area (Å²) < 4.78 is 2.94. The zero-order valence-corrected chi connectivity index (χ0v) is 14.9. The lowest BCUT2D eigenvalue weighted by atomic mass is 10.0. The number of nitrogens with zero attached hydrogens (tertiary/aromatic N) is 2. The number of benzene rings is 3. The summed E-state index contributed by atoms with van der Waals surface area (Å²) in [7, 11) is 0. The van der Waals surface area contributed by atoms with E-state index in [1.54, 1.807) is 47.1 Å². The molecule has 6 heteroatoms. The first-order valence-corrected chi connectivity index (χ1v) is 8.70. The minimum absolute atomic E-state index is 0.208. The van der Waals surface area contributed by atoms with Gasteiger partial charge in [0.25, 0.3) is 0 Å². The van der Waals surface area contributed by atoms with Crippen molar-refractivity contribution in [2.24, 2.45) is 0 Å². The van der Waals surface area contributed by atoms with Crippen molar-refractivity contribution in [1.29, 1.82) is 0 Å². The van der Waals surface area contributed by atoms with Crippen LogP contribution in [0.25, 0.3) is 11.4 Å². The number of carbonyl (C=O) groups excluding carboxylic acids is 1. The van der Waals surface area contributed by atoms with E-state index in [9.17, 15) is 9.59 Å². The maximum Gasteiger partial charge on any atom is 0.398 e. The molecule has 132 valence electrons. The molecule has 0 atom stereocenters. The molecule has 27 heavy (non-hydrogen) atoms. The molecule has 0 saturated carbocycles. The molecule has 1 aromatic heterocycles. The number of rotatable bonds is 4. The molecule has 0 aliphatic carbocycles. The number of H-pyrrole nitrogens is 1. The largest absolute Gasteiger partial charge is 0.398 e. The van der Waals surface area contributed by atoms with E-state index >= 15 is 0 Å². The summed E-state index contributed by atoms with van der Waals surface area (Å²) >= 11 is 6.12. The van der Waals surface area contributed by atoms with Gasteiger partial charge in [-0.3, -0.25) is 4.79 Å². The molecule has 0 aliphatic rings. The van der Waals surface area contributed by atoms with E-state index in [0.29, 0.717) is 21.8 Å². The number of ketones is 1. The van der Waals surface area contributed by atoms with E-state index in [2.05, 4.69) is 5.21 Å². The van der Waals surface area contributed by atoms with Gasteiger partial charge in [0.05, 0.1) is 5.56 Å². The van der Waals surface area contributed by atoms with Gasteiger partial charge in [-0.05, 0) is 30.3 Å². The van der Waals surface area contributed by atoms with Crippen LogP contribution in [0.2, 0.25) is 5.02 Å². The number of halogens is 1. The lowest BCUT2D eigenvalue weighted by Crippen LogP contribution is -2.33. The van der Waals surface area contributed by atoms with Crippen molar-refractivity contribution in [3.05, 3.63) is 112 Å². The number of hydrogen-bond acceptors (Lipinski definition) is 2. The Labute approximate surface area is 160 Å². The van der Waals surface area contributed by atoms with Gasteiger partial charge >= 0.3 is 5.56 Å². The smallest absolute Gasteiger partial charge is 0.288 e. The number of para-hydroxylation sites is 1. The standard InChI is InChI=1S/C21H14ClN3O2/c22-16-11-12-19(18(13-16)21(27)15-7-3-1-4-8-15)25-20(26)14-24(23-25)17-9-5-2-6-10-17/h1-14H/p+1. The molecule has 4 aromatic rings. The average molecular weight is 377 g/mol. The second-order valence-corrected chi connectivity index (χ2v) is 6.40. The van der Waals surface area contributed by atoms with Crippen molar-refractivity contribution in [2.45, 2.75) is 0 Å². The topological polar surface area (TPSA) is 58.7 Å². The number of hydrogen-bond donors (Lipinski definition) is 1. The van der Waals surface area contributed by atoms with Crippen molar-refractivity contribution < 1.29 is 9.48 Å². The fourth-order valence-electron chi connectivity index (χ4n) is 2.88. The average Bonchev–Trinajstić information content (AvgIpc) is 3.10.